The largest absolute Gasteiger partial charge is 0.378 e. The summed E-state index contributed by atoms with van der Waals surface area (Å²) in [6.07, 6.45) is 0. The normalized spacial score (nSPS) is 22.5. The molecule has 0 atom stereocenters. The predicted molar refractivity (Wildman–Crippen MR) is 110 cm³/mol. The van der Waals surface area contributed by atoms with E-state index < -0.39 is 10.0 Å². The van der Waals surface area contributed by atoms with Crippen molar-refractivity contribution in [1.82, 2.24) is 14.7 Å². The van der Waals surface area contributed by atoms with Crippen LogP contribution in [0, 0.1) is 0 Å². The fourth-order valence-electron chi connectivity index (χ4n) is 3.68. The third-order valence-electron chi connectivity index (χ3n) is 5.29. The molecule has 3 heterocycles. The van der Waals surface area contributed by atoms with Gasteiger partial charge >= 0.3 is 0 Å². The molecule has 158 valence electrons. The van der Waals surface area contributed by atoms with Crippen molar-refractivity contribution in [2.45, 2.75) is 4.90 Å². The van der Waals surface area contributed by atoms with Crippen LogP contribution in [0.5, 0.6) is 0 Å². The first-order valence-electron chi connectivity index (χ1n) is 9.61. The molecule has 0 spiro atoms. The fraction of sp³-hybridized carbons (Fsp3) is 0.556. The van der Waals surface area contributed by atoms with Gasteiger partial charge in [0, 0.05) is 44.3 Å². The molecule has 1 amide bonds. The van der Waals surface area contributed by atoms with Crippen LogP contribution in [0.3, 0.4) is 0 Å². The Bertz CT molecular complexity index is 909. The van der Waals surface area contributed by atoms with Crippen LogP contribution in [-0.2, 0) is 19.6 Å². The number of benzene rings is 1. The van der Waals surface area contributed by atoms with Crippen molar-refractivity contribution in [2.75, 3.05) is 70.9 Å². The molecule has 0 saturated carbocycles. The average molecular weight is 442 g/mol. The first-order valence-corrected chi connectivity index (χ1v) is 11.4. The third-order valence-corrected chi connectivity index (χ3v) is 6.88. The number of rotatable bonds is 4. The molecule has 2 saturated heterocycles. The Morgan fingerprint density at radius 3 is 2.52 bits per heavy atom. The second-order valence-electron chi connectivity index (χ2n) is 7.32. The summed E-state index contributed by atoms with van der Waals surface area (Å²) in [5.74, 6) is 0.541. The molecule has 3 aliphatic rings. The van der Waals surface area contributed by atoms with Crippen molar-refractivity contribution in [3.8, 4) is 0 Å². The van der Waals surface area contributed by atoms with Gasteiger partial charge in [-0.15, -0.1) is 4.40 Å². The van der Waals surface area contributed by atoms with Crippen LogP contribution in [0.4, 0.5) is 5.69 Å². The highest BCUT2D eigenvalue weighted by atomic mass is 35.5. The van der Waals surface area contributed by atoms with Gasteiger partial charge in [0.15, 0.2) is 0 Å². The summed E-state index contributed by atoms with van der Waals surface area (Å²) in [4.78, 5) is 18.6. The van der Waals surface area contributed by atoms with E-state index in [-0.39, 0.29) is 10.8 Å². The van der Waals surface area contributed by atoms with Crippen molar-refractivity contribution in [3.05, 3.63) is 23.2 Å². The maximum atomic E-state index is 12.4. The molecule has 2 fully saturated rings. The van der Waals surface area contributed by atoms with Crippen LogP contribution in [0.1, 0.15) is 0 Å². The number of sulfonamides is 1. The molecule has 0 aliphatic carbocycles. The molecule has 11 heteroatoms. The number of anilines is 1. The van der Waals surface area contributed by atoms with Crippen molar-refractivity contribution in [3.63, 3.8) is 0 Å². The van der Waals surface area contributed by atoms with Crippen LogP contribution in [0.2, 0.25) is 5.02 Å². The molecule has 1 N–H and O–H groups in total. The number of fused-ring (bicyclic) bond motifs is 1. The lowest BCUT2D eigenvalue weighted by Crippen LogP contribution is -2.52. The Hall–Kier alpha value is -1.72. The van der Waals surface area contributed by atoms with Crippen LogP contribution in [-0.4, -0.2) is 100 Å². The summed E-state index contributed by atoms with van der Waals surface area (Å²) in [6, 6.07) is 4.71. The van der Waals surface area contributed by atoms with Crippen molar-refractivity contribution in [2.24, 2.45) is 4.40 Å². The number of halogens is 1. The van der Waals surface area contributed by atoms with Gasteiger partial charge in [0.2, 0.25) is 5.91 Å². The summed E-state index contributed by atoms with van der Waals surface area (Å²) in [5, 5.41) is 3.45. The molecular formula is C18H24ClN5O4S. The van der Waals surface area contributed by atoms with E-state index in [1.807, 2.05) is 4.90 Å². The van der Waals surface area contributed by atoms with E-state index in [0.717, 1.165) is 26.2 Å². The zero-order chi connectivity index (χ0) is 20.4. The second-order valence-corrected chi connectivity index (χ2v) is 9.33. The van der Waals surface area contributed by atoms with Gasteiger partial charge in [-0.25, -0.2) is 0 Å². The molecule has 0 unspecified atom stereocenters. The Morgan fingerprint density at radius 1 is 1.10 bits per heavy atom. The number of nitrogens with one attached hydrogen (secondary N) is 1. The van der Waals surface area contributed by atoms with E-state index >= 15 is 0 Å². The Kier molecular flexibility index (Phi) is 6.07. The minimum absolute atomic E-state index is 0.0974. The fourth-order valence-corrected chi connectivity index (χ4v) is 5.08. The number of amidine groups is 1. The van der Waals surface area contributed by atoms with Gasteiger partial charge in [-0.3, -0.25) is 14.6 Å². The lowest BCUT2D eigenvalue weighted by molar-refractivity contribution is -0.136. The molecule has 4 rings (SSSR count). The number of ether oxygens (including phenoxy) is 1. The minimum atomic E-state index is -3.76. The third kappa shape index (κ3) is 4.89. The van der Waals surface area contributed by atoms with Gasteiger partial charge in [-0.1, -0.05) is 11.6 Å². The van der Waals surface area contributed by atoms with Gasteiger partial charge < -0.3 is 15.0 Å². The van der Waals surface area contributed by atoms with Crippen LogP contribution < -0.4 is 5.32 Å². The molecule has 0 radical (unpaired) electrons. The molecule has 3 aliphatic heterocycles. The number of nitrogens with zero attached hydrogens (tertiary/aromatic N) is 4. The first kappa shape index (κ1) is 20.5. The standard InChI is InChI=1S/C18H24ClN5O4S/c19-14-1-2-15-16(11-14)29(26,27)21-17(20-15)12-22-3-5-23(6-4-22)13-18(25)24-7-9-28-10-8-24/h1-2,11H,3-10,12-13H2,(H,20,21). The monoisotopic (exact) mass is 441 g/mol. The quantitative estimate of drug-likeness (QED) is 0.719. The number of carbonyl (C=O) groups excluding carboxylic acids is 1. The number of carbonyl (C=O) groups is 1. The summed E-state index contributed by atoms with van der Waals surface area (Å²) in [6.45, 7) is 6.33. The van der Waals surface area contributed by atoms with Crippen molar-refractivity contribution < 1.29 is 17.9 Å². The van der Waals surface area contributed by atoms with Crippen LogP contribution in [0.25, 0.3) is 0 Å². The summed E-state index contributed by atoms with van der Waals surface area (Å²) >= 11 is 5.91. The number of hydrogen-bond donors (Lipinski definition) is 1. The van der Waals surface area contributed by atoms with Crippen molar-refractivity contribution in [1.29, 1.82) is 0 Å². The molecule has 0 aromatic heterocycles. The van der Waals surface area contributed by atoms with Gasteiger partial charge in [0.05, 0.1) is 32.0 Å². The SMILES string of the molecule is O=C(CN1CCN(CC2=NS(=O)(=O)c3cc(Cl)ccc3N2)CC1)N1CCOCC1. The average Bonchev–Trinajstić information content (AvgIpc) is 2.70. The van der Waals surface area contributed by atoms with Gasteiger partial charge in [0.25, 0.3) is 10.0 Å². The molecule has 1 aromatic rings. The molecule has 9 nitrogen and oxygen atoms in total. The molecule has 1 aromatic carbocycles. The van der Waals surface area contributed by atoms with E-state index in [4.69, 9.17) is 16.3 Å². The zero-order valence-electron chi connectivity index (χ0n) is 16.0. The maximum Gasteiger partial charge on any atom is 0.286 e. The highest BCUT2D eigenvalue weighted by Crippen LogP contribution is 2.29. The number of amides is 1. The lowest BCUT2D eigenvalue weighted by Gasteiger charge is -2.36. The summed E-state index contributed by atoms with van der Waals surface area (Å²) in [5.41, 5.74) is 0.495. The van der Waals surface area contributed by atoms with E-state index in [1.54, 1.807) is 12.1 Å². The number of morpholine rings is 1. The first-order chi connectivity index (χ1) is 13.9. The van der Waals surface area contributed by atoms with Crippen LogP contribution >= 0.6 is 11.6 Å². The predicted octanol–water partition coefficient (Wildman–Crippen LogP) is 0.329. The Morgan fingerprint density at radius 2 is 1.79 bits per heavy atom. The smallest absolute Gasteiger partial charge is 0.286 e. The zero-order valence-corrected chi connectivity index (χ0v) is 17.6. The van der Waals surface area contributed by atoms with E-state index in [9.17, 15) is 13.2 Å². The summed E-state index contributed by atoms with van der Waals surface area (Å²) in [7, 11) is -3.76. The topological polar surface area (TPSA) is 94.6 Å². The molecule has 29 heavy (non-hydrogen) atoms. The minimum Gasteiger partial charge on any atom is -0.378 e. The van der Waals surface area contributed by atoms with Gasteiger partial charge in [0.1, 0.15) is 10.7 Å². The van der Waals surface area contributed by atoms with E-state index in [2.05, 4.69) is 19.5 Å². The maximum absolute atomic E-state index is 12.4. The van der Waals surface area contributed by atoms with Gasteiger partial charge in [-0.2, -0.15) is 8.42 Å². The number of piperazine rings is 1. The van der Waals surface area contributed by atoms with Crippen molar-refractivity contribution >= 4 is 39.1 Å². The molecule has 0 bridgehead atoms. The van der Waals surface area contributed by atoms with E-state index in [0.29, 0.717) is 55.9 Å². The van der Waals surface area contributed by atoms with Crippen LogP contribution in [0.15, 0.2) is 27.5 Å². The highest BCUT2D eigenvalue weighted by molar-refractivity contribution is 7.90. The van der Waals surface area contributed by atoms with Gasteiger partial charge in [-0.05, 0) is 18.2 Å². The summed E-state index contributed by atoms with van der Waals surface area (Å²) < 4.78 is 34.1. The Labute approximate surface area is 175 Å². The van der Waals surface area contributed by atoms with E-state index in [1.165, 1.54) is 6.07 Å². The lowest BCUT2D eigenvalue weighted by atomic mass is 10.2. The highest BCUT2D eigenvalue weighted by Gasteiger charge is 2.28. The second kappa shape index (κ2) is 8.57. The molecular weight excluding hydrogens is 418 g/mol. The number of hydrogen-bond acceptors (Lipinski definition) is 7. The Balaban J connectivity index is 1.30.